The van der Waals surface area contributed by atoms with Gasteiger partial charge in [0.05, 0.1) is 5.70 Å². The summed E-state index contributed by atoms with van der Waals surface area (Å²) in [6, 6.07) is 0. The van der Waals surface area contributed by atoms with Gasteiger partial charge in [-0.25, -0.2) is 14.4 Å². The Bertz CT molecular complexity index is 502. The molecule has 0 heterocycles. The standard InChI is InChI=1S/C12H16ClFN4O/c1-6(14)11(18-12(13)7(2)15)8(3)16-9(4)17-10(5)19/h1,3,15H2,2,4-5H3,(H,16,17,19)/b12-7+,18-11+. The third kappa shape index (κ3) is 6.52. The van der Waals surface area contributed by atoms with Crippen molar-refractivity contribution in [2.75, 3.05) is 0 Å². The monoisotopic (exact) mass is 286 g/mol. The first kappa shape index (κ1) is 17.1. The van der Waals surface area contributed by atoms with E-state index in [0.29, 0.717) is 0 Å². The van der Waals surface area contributed by atoms with E-state index in [1.165, 1.54) is 20.8 Å². The van der Waals surface area contributed by atoms with Gasteiger partial charge in [0.1, 0.15) is 22.5 Å². The molecule has 0 fully saturated rings. The molecule has 0 aromatic carbocycles. The summed E-state index contributed by atoms with van der Waals surface area (Å²) in [5.41, 5.74) is 5.37. The summed E-state index contributed by atoms with van der Waals surface area (Å²) in [6.45, 7) is 11.0. The smallest absolute Gasteiger partial charge is 0.222 e. The molecule has 1 amide bonds. The molecule has 0 aliphatic heterocycles. The van der Waals surface area contributed by atoms with Crippen molar-refractivity contribution in [1.82, 2.24) is 5.32 Å². The minimum Gasteiger partial charge on any atom is -0.400 e. The number of nitrogens with one attached hydrogen (secondary N) is 1. The van der Waals surface area contributed by atoms with Gasteiger partial charge < -0.3 is 11.1 Å². The molecule has 0 radical (unpaired) electrons. The SMILES string of the molecule is C=C(F)/C(=N\C(Cl)=C(/C)N)C(=C)N=C(C)NC(C)=O. The average Bonchev–Trinajstić information content (AvgIpc) is 2.22. The molecule has 0 spiro atoms. The number of carbonyl (C=O) groups excluding carboxylic acids is 1. The van der Waals surface area contributed by atoms with Crippen molar-refractivity contribution in [2.24, 2.45) is 15.7 Å². The van der Waals surface area contributed by atoms with Crippen molar-refractivity contribution < 1.29 is 9.18 Å². The van der Waals surface area contributed by atoms with Crippen LogP contribution in [-0.4, -0.2) is 17.5 Å². The number of hydrogen-bond donors (Lipinski definition) is 2. The van der Waals surface area contributed by atoms with Gasteiger partial charge in [0, 0.05) is 12.6 Å². The van der Waals surface area contributed by atoms with Crippen molar-refractivity contribution in [3.8, 4) is 0 Å². The summed E-state index contributed by atoms with van der Waals surface area (Å²) in [7, 11) is 0. The number of aliphatic imine (C=N–C) groups is 2. The molecule has 0 bridgehead atoms. The molecule has 0 aromatic rings. The maximum absolute atomic E-state index is 13.3. The summed E-state index contributed by atoms with van der Waals surface area (Å²) in [4.78, 5) is 18.5. The molecule has 3 N–H and O–H groups in total. The number of nitrogens with two attached hydrogens (primary N) is 1. The Balaban J connectivity index is 5.35. The third-order valence-electron chi connectivity index (χ3n) is 1.73. The highest BCUT2D eigenvalue weighted by molar-refractivity contribution is 6.31. The van der Waals surface area contributed by atoms with E-state index < -0.39 is 5.83 Å². The number of hydrogen-bond acceptors (Lipinski definition) is 4. The molecule has 0 saturated carbocycles. The van der Waals surface area contributed by atoms with Crippen LogP contribution >= 0.6 is 11.6 Å². The Kier molecular flexibility index (Phi) is 6.71. The van der Waals surface area contributed by atoms with Gasteiger partial charge in [-0.3, -0.25) is 4.79 Å². The van der Waals surface area contributed by atoms with Gasteiger partial charge in [-0.2, -0.15) is 0 Å². The van der Waals surface area contributed by atoms with Crippen molar-refractivity contribution in [2.45, 2.75) is 20.8 Å². The average molecular weight is 287 g/mol. The highest BCUT2D eigenvalue weighted by Gasteiger charge is 2.10. The van der Waals surface area contributed by atoms with Crippen LogP contribution in [0.4, 0.5) is 4.39 Å². The fourth-order valence-electron chi connectivity index (χ4n) is 1.01. The van der Waals surface area contributed by atoms with Gasteiger partial charge >= 0.3 is 0 Å². The van der Waals surface area contributed by atoms with Crippen molar-refractivity contribution in [3.05, 3.63) is 35.5 Å². The van der Waals surface area contributed by atoms with Crippen LogP contribution in [0.25, 0.3) is 0 Å². The number of halogens is 2. The zero-order valence-electron chi connectivity index (χ0n) is 11.1. The quantitative estimate of drug-likeness (QED) is 0.473. The molecule has 104 valence electrons. The highest BCUT2D eigenvalue weighted by atomic mass is 35.5. The summed E-state index contributed by atoms with van der Waals surface area (Å²) < 4.78 is 13.3. The van der Waals surface area contributed by atoms with Crippen LogP contribution in [0.3, 0.4) is 0 Å². The Morgan fingerprint density at radius 3 is 2.16 bits per heavy atom. The molecule has 0 rings (SSSR count). The van der Waals surface area contributed by atoms with E-state index in [4.69, 9.17) is 17.3 Å². The number of rotatable bonds is 4. The van der Waals surface area contributed by atoms with Crippen LogP contribution in [-0.2, 0) is 4.79 Å². The normalized spacial score (nSPS) is 13.7. The minimum absolute atomic E-state index is 0.0295. The van der Waals surface area contributed by atoms with Gasteiger partial charge in [-0.1, -0.05) is 24.8 Å². The third-order valence-corrected chi connectivity index (χ3v) is 2.11. The maximum Gasteiger partial charge on any atom is 0.222 e. The molecule has 0 aromatic heterocycles. The zero-order chi connectivity index (χ0) is 15.2. The predicted octanol–water partition coefficient (Wildman–Crippen LogP) is 2.37. The number of allylic oxidation sites excluding steroid dienone is 2. The molecule has 0 atom stereocenters. The predicted molar refractivity (Wildman–Crippen MR) is 76.5 cm³/mol. The lowest BCUT2D eigenvalue weighted by Gasteiger charge is -2.06. The minimum atomic E-state index is -0.858. The van der Waals surface area contributed by atoms with Gasteiger partial charge in [-0.15, -0.1) is 0 Å². The first-order chi connectivity index (χ1) is 8.65. The molecule has 0 saturated heterocycles. The van der Waals surface area contributed by atoms with E-state index in [1.54, 1.807) is 0 Å². The van der Waals surface area contributed by atoms with Crippen LogP contribution in [0.5, 0.6) is 0 Å². The molecule has 19 heavy (non-hydrogen) atoms. The van der Waals surface area contributed by atoms with E-state index in [0.717, 1.165) is 0 Å². The number of nitrogens with zero attached hydrogens (tertiary/aromatic N) is 2. The largest absolute Gasteiger partial charge is 0.400 e. The first-order valence-electron chi connectivity index (χ1n) is 5.22. The molecule has 0 unspecified atom stereocenters. The first-order valence-corrected chi connectivity index (χ1v) is 5.60. The van der Waals surface area contributed by atoms with Crippen LogP contribution in [0, 0.1) is 0 Å². The summed E-state index contributed by atoms with van der Waals surface area (Å²) in [5, 5.41) is 2.34. The fourth-order valence-corrected chi connectivity index (χ4v) is 1.09. The van der Waals surface area contributed by atoms with E-state index in [1.807, 2.05) is 0 Å². The Morgan fingerprint density at radius 1 is 1.26 bits per heavy atom. The second kappa shape index (κ2) is 7.48. The Labute approximate surface area is 116 Å². The number of carbonyl (C=O) groups is 1. The van der Waals surface area contributed by atoms with Crippen molar-refractivity contribution in [1.29, 1.82) is 0 Å². The summed E-state index contributed by atoms with van der Waals surface area (Å²) in [5.74, 6) is -0.915. The van der Waals surface area contributed by atoms with Gasteiger partial charge in [0.2, 0.25) is 5.91 Å². The number of amidine groups is 1. The van der Waals surface area contributed by atoms with Gasteiger partial charge in [0.15, 0.2) is 0 Å². The molecular weight excluding hydrogens is 271 g/mol. The fraction of sp³-hybridized carbons (Fsp3) is 0.250. The molecular formula is C12H16ClFN4O. The lowest BCUT2D eigenvalue weighted by molar-refractivity contribution is -0.117. The molecule has 0 aliphatic carbocycles. The van der Waals surface area contributed by atoms with E-state index >= 15 is 0 Å². The van der Waals surface area contributed by atoms with Crippen molar-refractivity contribution >= 4 is 29.1 Å². The van der Waals surface area contributed by atoms with Crippen LogP contribution in [0.2, 0.25) is 0 Å². The Hall–Kier alpha value is -1.95. The summed E-state index contributed by atoms with van der Waals surface area (Å²) in [6.07, 6.45) is 0. The van der Waals surface area contributed by atoms with Crippen molar-refractivity contribution in [3.63, 3.8) is 0 Å². The second-order valence-electron chi connectivity index (χ2n) is 3.66. The zero-order valence-corrected chi connectivity index (χ0v) is 11.8. The van der Waals surface area contributed by atoms with E-state index in [9.17, 15) is 9.18 Å². The van der Waals surface area contributed by atoms with Crippen LogP contribution < -0.4 is 11.1 Å². The van der Waals surface area contributed by atoms with Gasteiger partial charge in [-0.05, 0) is 13.8 Å². The maximum atomic E-state index is 13.3. The van der Waals surface area contributed by atoms with Gasteiger partial charge in [0.25, 0.3) is 0 Å². The highest BCUT2D eigenvalue weighted by Crippen LogP contribution is 2.14. The second-order valence-corrected chi connectivity index (χ2v) is 4.02. The lowest BCUT2D eigenvalue weighted by Crippen LogP contribution is -2.25. The lowest BCUT2D eigenvalue weighted by atomic mass is 10.2. The topological polar surface area (TPSA) is 79.8 Å². The van der Waals surface area contributed by atoms with Crippen LogP contribution in [0.1, 0.15) is 20.8 Å². The Morgan fingerprint density at radius 2 is 1.79 bits per heavy atom. The van der Waals surface area contributed by atoms with Crippen LogP contribution in [0.15, 0.2) is 45.5 Å². The van der Waals surface area contributed by atoms with E-state index in [2.05, 4.69) is 28.5 Å². The summed E-state index contributed by atoms with van der Waals surface area (Å²) >= 11 is 5.72. The molecule has 0 aliphatic rings. The number of amides is 1. The molecule has 5 nitrogen and oxygen atoms in total. The molecule has 7 heteroatoms. The van der Waals surface area contributed by atoms with E-state index in [-0.39, 0.29) is 34.0 Å².